The Morgan fingerprint density at radius 1 is 0.964 bits per heavy atom. The number of hydrogen-bond donors (Lipinski definition) is 1. The minimum Gasteiger partial charge on any atom is -0.353 e. The van der Waals surface area contributed by atoms with Crippen LogP contribution in [0.1, 0.15) is 19.4 Å². The molecule has 1 aliphatic rings. The first kappa shape index (κ1) is 17.3. The van der Waals surface area contributed by atoms with Gasteiger partial charge < -0.3 is 10.2 Å². The molecular weight excluding hydrogens is 360 g/mol. The fourth-order valence-corrected chi connectivity index (χ4v) is 4.28. The average molecular weight is 381 g/mol. The summed E-state index contributed by atoms with van der Waals surface area (Å²) < 4.78 is 29.5. The SMILES string of the molecule is Cc1cc2ccc(N3C[C@@H](C)N[C@@H](C)C3)nc2n2c1nc1cc(F)c(F)cc12. The predicted octanol–water partition coefficient (Wildman–Crippen LogP) is 3.81. The lowest BCUT2D eigenvalue weighted by atomic mass is 10.1. The summed E-state index contributed by atoms with van der Waals surface area (Å²) in [5, 5.41) is 4.46. The van der Waals surface area contributed by atoms with Gasteiger partial charge in [0.2, 0.25) is 0 Å². The minimum atomic E-state index is -0.893. The number of rotatable bonds is 1. The van der Waals surface area contributed by atoms with E-state index >= 15 is 0 Å². The summed E-state index contributed by atoms with van der Waals surface area (Å²) in [6.45, 7) is 7.99. The molecule has 0 aliphatic carbocycles. The first-order valence-corrected chi connectivity index (χ1v) is 9.49. The molecule has 2 atom stereocenters. The van der Waals surface area contributed by atoms with Gasteiger partial charge in [0.25, 0.3) is 0 Å². The number of aromatic nitrogens is 3. The van der Waals surface area contributed by atoms with Crippen molar-refractivity contribution in [3.8, 4) is 0 Å². The van der Waals surface area contributed by atoms with Gasteiger partial charge in [0, 0.05) is 42.7 Å². The normalized spacial score (nSPS) is 20.5. The monoisotopic (exact) mass is 381 g/mol. The van der Waals surface area contributed by atoms with Crippen LogP contribution in [0, 0.1) is 18.6 Å². The summed E-state index contributed by atoms with van der Waals surface area (Å²) in [6, 6.07) is 9.16. The molecule has 3 aromatic heterocycles. The Morgan fingerprint density at radius 2 is 1.68 bits per heavy atom. The van der Waals surface area contributed by atoms with Gasteiger partial charge in [-0.25, -0.2) is 18.7 Å². The van der Waals surface area contributed by atoms with Crippen LogP contribution in [0.2, 0.25) is 0 Å². The van der Waals surface area contributed by atoms with Gasteiger partial charge in [0.1, 0.15) is 17.1 Å². The van der Waals surface area contributed by atoms with Crippen LogP contribution in [-0.2, 0) is 0 Å². The van der Waals surface area contributed by atoms with Crippen molar-refractivity contribution in [1.29, 1.82) is 0 Å². The summed E-state index contributed by atoms with van der Waals surface area (Å²) in [7, 11) is 0. The lowest BCUT2D eigenvalue weighted by molar-refractivity contribution is 0.405. The second kappa shape index (κ2) is 6.10. The van der Waals surface area contributed by atoms with Crippen molar-refractivity contribution in [2.24, 2.45) is 0 Å². The van der Waals surface area contributed by atoms with Crippen LogP contribution in [0.5, 0.6) is 0 Å². The van der Waals surface area contributed by atoms with E-state index in [1.165, 1.54) is 6.07 Å². The number of piperazine rings is 1. The number of aryl methyl sites for hydroxylation is 1. The van der Waals surface area contributed by atoms with Gasteiger partial charge in [-0.2, -0.15) is 0 Å². The van der Waals surface area contributed by atoms with E-state index in [4.69, 9.17) is 4.98 Å². The van der Waals surface area contributed by atoms with Gasteiger partial charge in [0.05, 0.1) is 11.0 Å². The number of imidazole rings is 1. The molecule has 5 rings (SSSR count). The molecule has 0 radical (unpaired) electrons. The second-order valence-corrected chi connectivity index (χ2v) is 7.81. The predicted molar refractivity (Wildman–Crippen MR) is 107 cm³/mol. The van der Waals surface area contributed by atoms with Crippen LogP contribution in [-0.4, -0.2) is 39.5 Å². The van der Waals surface area contributed by atoms with Crippen molar-refractivity contribution in [3.63, 3.8) is 0 Å². The Hall–Kier alpha value is -2.80. The van der Waals surface area contributed by atoms with Crippen LogP contribution >= 0.6 is 0 Å². The summed E-state index contributed by atoms with van der Waals surface area (Å²) in [5.41, 5.74) is 3.24. The number of nitrogens with zero attached hydrogens (tertiary/aromatic N) is 4. The van der Waals surface area contributed by atoms with Gasteiger partial charge in [-0.05, 0) is 44.5 Å². The average Bonchev–Trinajstić information content (AvgIpc) is 3.00. The molecule has 28 heavy (non-hydrogen) atoms. The Bertz CT molecular complexity index is 1220. The first-order valence-electron chi connectivity index (χ1n) is 9.49. The number of hydrogen-bond acceptors (Lipinski definition) is 4. The fraction of sp³-hybridized carbons (Fsp3) is 0.333. The summed E-state index contributed by atoms with van der Waals surface area (Å²) in [4.78, 5) is 11.7. The van der Waals surface area contributed by atoms with Gasteiger partial charge in [0.15, 0.2) is 11.6 Å². The molecule has 1 N–H and O–H groups in total. The summed E-state index contributed by atoms with van der Waals surface area (Å²) in [5.74, 6) is -0.901. The van der Waals surface area contributed by atoms with Crippen LogP contribution in [0.25, 0.3) is 27.7 Å². The van der Waals surface area contributed by atoms with Crippen LogP contribution < -0.4 is 10.2 Å². The van der Waals surface area contributed by atoms with E-state index in [0.717, 1.165) is 35.9 Å². The molecule has 7 heteroatoms. The Balaban J connectivity index is 1.78. The quantitative estimate of drug-likeness (QED) is 0.545. The van der Waals surface area contributed by atoms with Crippen molar-refractivity contribution in [3.05, 3.63) is 47.5 Å². The third-order valence-corrected chi connectivity index (χ3v) is 5.41. The molecule has 0 amide bonds. The van der Waals surface area contributed by atoms with Crippen LogP contribution in [0.3, 0.4) is 0 Å². The molecule has 4 heterocycles. The number of anilines is 1. The largest absolute Gasteiger partial charge is 0.353 e. The molecule has 1 aromatic carbocycles. The van der Waals surface area contributed by atoms with Crippen molar-refractivity contribution in [2.75, 3.05) is 18.0 Å². The highest BCUT2D eigenvalue weighted by Gasteiger charge is 2.23. The molecular formula is C21H21F2N5. The first-order chi connectivity index (χ1) is 13.4. The second-order valence-electron chi connectivity index (χ2n) is 7.81. The standard InChI is InChI=1S/C21H21F2N5/c1-11-6-14-4-5-19(27-9-12(2)24-13(3)10-27)26-21(14)28-18-8-16(23)15(22)7-17(18)25-20(11)28/h4-8,12-13,24H,9-10H2,1-3H3/t12-,13+. The van der Waals surface area contributed by atoms with Crippen molar-refractivity contribution < 1.29 is 8.78 Å². The van der Waals surface area contributed by atoms with Crippen molar-refractivity contribution in [1.82, 2.24) is 19.7 Å². The number of benzene rings is 1. The minimum absolute atomic E-state index is 0.366. The number of halogens is 2. The highest BCUT2D eigenvalue weighted by atomic mass is 19.2. The van der Waals surface area contributed by atoms with E-state index in [9.17, 15) is 8.78 Å². The molecule has 0 bridgehead atoms. The molecule has 0 spiro atoms. The molecule has 0 saturated carbocycles. The molecule has 5 nitrogen and oxygen atoms in total. The van der Waals surface area contributed by atoms with Gasteiger partial charge >= 0.3 is 0 Å². The highest BCUT2D eigenvalue weighted by molar-refractivity contribution is 5.90. The van der Waals surface area contributed by atoms with E-state index in [0.29, 0.717) is 34.4 Å². The maximum Gasteiger partial charge on any atom is 0.161 e. The molecule has 1 saturated heterocycles. The van der Waals surface area contributed by atoms with E-state index in [1.807, 2.05) is 29.5 Å². The van der Waals surface area contributed by atoms with Gasteiger partial charge in [-0.15, -0.1) is 0 Å². The van der Waals surface area contributed by atoms with Crippen LogP contribution in [0.15, 0.2) is 30.3 Å². The number of nitrogens with one attached hydrogen (secondary N) is 1. The zero-order valence-electron chi connectivity index (χ0n) is 16.0. The highest BCUT2D eigenvalue weighted by Crippen LogP contribution is 2.28. The molecule has 1 fully saturated rings. The molecule has 144 valence electrons. The van der Waals surface area contributed by atoms with E-state index in [1.54, 1.807) is 0 Å². The zero-order valence-corrected chi connectivity index (χ0v) is 16.0. The van der Waals surface area contributed by atoms with E-state index < -0.39 is 11.6 Å². The Kier molecular flexibility index (Phi) is 3.77. The third-order valence-electron chi connectivity index (χ3n) is 5.41. The zero-order chi connectivity index (χ0) is 19.6. The van der Waals surface area contributed by atoms with Crippen LogP contribution in [0.4, 0.5) is 14.6 Å². The van der Waals surface area contributed by atoms with Crippen molar-refractivity contribution in [2.45, 2.75) is 32.9 Å². The lowest BCUT2D eigenvalue weighted by Crippen LogP contribution is -2.54. The topological polar surface area (TPSA) is 45.5 Å². The summed E-state index contributed by atoms with van der Waals surface area (Å²) >= 11 is 0. The number of pyridine rings is 2. The fourth-order valence-electron chi connectivity index (χ4n) is 4.28. The Morgan fingerprint density at radius 3 is 2.43 bits per heavy atom. The Labute approximate surface area is 161 Å². The maximum atomic E-state index is 14.0. The van der Waals surface area contributed by atoms with Gasteiger partial charge in [-0.1, -0.05) is 0 Å². The lowest BCUT2D eigenvalue weighted by Gasteiger charge is -2.37. The molecule has 1 aliphatic heterocycles. The smallest absolute Gasteiger partial charge is 0.161 e. The molecule has 4 aromatic rings. The van der Waals surface area contributed by atoms with Gasteiger partial charge in [-0.3, -0.25) is 4.40 Å². The van der Waals surface area contributed by atoms with E-state index in [-0.39, 0.29) is 0 Å². The number of fused-ring (bicyclic) bond motifs is 5. The molecule has 0 unspecified atom stereocenters. The maximum absolute atomic E-state index is 14.0. The van der Waals surface area contributed by atoms with Crippen molar-refractivity contribution >= 4 is 33.5 Å². The summed E-state index contributed by atoms with van der Waals surface area (Å²) in [6.07, 6.45) is 0. The van der Waals surface area contributed by atoms with E-state index in [2.05, 4.69) is 29.0 Å². The third kappa shape index (κ3) is 2.61.